The summed E-state index contributed by atoms with van der Waals surface area (Å²) in [5, 5.41) is 0. The topological polar surface area (TPSA) is 65.8 Å². The maximum Gasteiger partial charge on any atom is 0.416 e. The van der Waals surface area contributed by atoms with Gasteiger partial charge in [-0.1, -0.05) is 6.07 Å². The van der Waals surface area contributed by atoms with Crippen LogP contribution in [0, 0.1) is 0 Å². The van der Waals surface area contributed by atoms with Crippen molar-refractivity contribution in [1.82, 2.24) is 14.5 Å². The molecule has 1 aromatic heterocycles. The Kier molecular flexibility index (Phi) is 7.34. The average Bonchev–Trinajstić information content (AvgIpc) is 3.59. The van der Waals surface area contributed by atoms with Crippen molar-refractivity contribution < 1.29 is 32.2 Å². The number of carbonyl (C=O) groups excluding carboxylic acids is 1. The minimum absolute atomic E-state index is 0.00909. The first-order valence-corrected chi connectivity index (χ1v) is 12.7. The molecule has 0 bridgehead atoms. The number of alkyl halides is 3. The third-order valence-electron chi connectivity index (χ3n) is 7.23. The summed E-state index contributed by atoms with van der Waals surface area (Å²) in [7, 11) is 3.13. The highest BCUT2D eigenvalue weighted by molar-refractivity contribution is 5.92. The van der Waals surface area contributed by atoms with Crippen molar-refractivity contribution in [2.45, 2.75) is 44.0 Å². The molecule has 0 spiro atoms. The van der Waals surface area contributed by atoms with Crippen molar-refractivity contribution in [3.63, 3.8) is 0 Å². The molecular formula is C28H30F3N3O4. The van der Waals surface area contributed by atoms with E-state index in [1.165, 1.54) is 6.07 Å². The zero-order valence-corrected chi connectivity index (χ0v) is 21.3. The minimum Gasteiger partial charge on any atom is -0.493 e. The van der Waals surface area contributed by atoms with Crippen LogP contribution >= 0.6 is 0 Å². The lowest BCUT2D eigenvalue weighted by Gasteiger charge is -2.33. The highest BCUT2D eigenvalue weighted by Crippen LogP contribution is 2.38. The molecule has 1 unspecified atom stereocenters. The molecule has 5 rings (SSSR count). The molecule has 2 aliphatic heterocycles. The fourth-order valence-electron chi connectivity index (χ4n) is 5.26. The van der Waals surface area contributed by atoms with Crippen molar-refractivity contribution in [3.05, 3.63) is 59.4 Å². The Bertz CT molecular complexity index is 1340. The first-order chi connectivity index (χ1) is 18.3. The van der Waals surface area contributed by atoms with E-state index in [4.69, 9.17) is 14.2 Å². The Morgan fingerprint density at radius 3 is 2.47 bits per heavy atom. The molecule has 1 atom stereocenters. The Morgan fingerprint density at radius 2 is 1.82 bits per heavy atom. The summed E-state index contributed by atoms with van der Waals surface area (Å²) in [6, 6.07) is 9.17. The number of aromatic nitrogens is 2. The summed E-state index contributed by atoms with van der Waals surface area (Å²) in [5.41, 5.74) is 1.09. The third-order valence-corrected chi connectivity index (χ3v) is 7.23. The molecule has 3 heterocycles. The van der Waals surface area contributed by atoms with E-state index in [9.17, 15) is 18.0 Å². The van der Waals surface area contributed by atoms with Gasteiger partial charge in [0.15, 0.2) is 11.5 Å². The SMILES string of the molecule is COc1ccc(C=CC(=O)N2CCC(n3c(C4CCCO4)nc4cc(C(F)(F)F)ccc43)CC2)cc1OC. The molecule has 0 N–H and O–H groups in total. The van der Waals surface area contributed by atoms with Gasteiger partial charge < -0.3 is 23.7 Å². The van der Waals surface area contributed by atoms with Gasteiger partial charge in [-0.3, -0.25) is 4.79 Å². The summed E-state index contributed by atoms with van der Waals surface area (Å²) in [6.45, 7) is 1.68. The molecule has 2 fully saturated rings. The van der Waals surface area contributed by atoms with Gasteiger partial charge in [0.25, 0.3) is 0 Å². The number of benzene rings is 2. The predicted octanol–water partition coefficient (Wildman–Crippen LogP) is 5.80. The zero-order chi connectivity index (χ0) is 26.9. The molecule has 1 amide bonds. The van der Waals surface area contributed by atoms with Crippen molar-refractivity contribution >= 4 is 23.0 Å². The highest BCUT2D eigenvalue weighted by atomic mass is 19.4. The number of hydrogen-bond donors (Lipinski definition) is 0. The number of methoxy groups -OCH3 is 2. The maximum atomic E-state index is 13.3. The third kappa shape index (κ3) is 5.22. The maximum absolute atomic E-state index is 13.3. The molecule has 0 saturated carbocycles. The van der Waals surface area contributed by atoms with Crippen LogP contribution in [0.25, 0.3) is 17.1 Å². The predicted molar refractivity (Wildman–Crippen MR) is 136 cm³/mol. The first-order valence-electron chi connectivity index (χ1n) is 12.7. The number of halogens is 3. The number of ether oxygens (including phenoxy) is 3. The van der Waals surface area contributed by atoms with Crippen LogP contribution in [0.4, 0.5) is 13.2 Å². The van der Waals surface area contributed by atoms with Crippen LogP contribution in [0.5, 0.6) is 11.5 Å². The molecular weight excluding hydrogens is 499 g/mol. The van der Waals surface area contributed by atoms with Crippen molar-refractivity contribution in [1.29, 1.82) is 0 Å². The Morgan fingerprint density at radius 1 is 1.05 bits per heavy atom. The molecule has 7 nitrogen and oxygen atoms in total. The molecule has 0 radical (unpaired) electrons. The van der Waals surface area contributed by atoms with Gasteiger partial charge in [0.1, 0.15) is 11.9 Å². The van der Waals surface area contributed by atoms with Gasteiger partial charge in [0, 0.05) is 31.8 Å². The number of hydrogen-bond acceptors (Lipinski definition) is 5. The quantitative estimate of drug-likeness (QED) is 0.378. The fraction of sp³-hybridized carbons (Fsp3) is 0.429. The Labute approximate surface area is 218 Å². The number of rotatable bonds is 6. The number of fused-ring (bicyclic) bond motifs is 1. The fourth-order valence-corrected chi connectivity index (χ4v) is 5.26. The molecule has 2 saturated heterocycles. The zero-order valence-electron chi connectivity index (χ0n) is 21.3. The largest absolute Gasteiger partial charge is 0.493 e. The van der Waals surface area contributed by atoms with Crippen LogP contribution in [0.1, 0.15) is 54.8 Å². The standard InChI is InChI=1S/C28H30F3N3O4/c1-36-23-9-5-18(16-25(23)37-2)6-10-26(35)33-13-11-20(12-14-33)34-22-8-7-19(28(29,30)31)17-21(22)32-27(34)24-4-3-15-38-24/h5-10,16-17,20,24H,3-4,11-15H2,1-2H3. The number of nitrogens with zero attached hydrogens (tertiary/aromatic N) is 3. The normalized spacial score (nSPS) is 19.0. The van der Waals surface area contributed by atoms with E-state index in [0.29, 0.717) is 60.9 Å². The smallest absolute Gasteiger partial charge is 0.416 e. The molecule has 3 aromatic rings. The number of carbonyl (C=O) groups is 1. The lowest BCUT2D eigenvalue weighted by Crippen LogP contribution is -2.38. The number of piperidine rings is 1. The number of likely N-dealkylation sites (tertiary alicyclic amines) is 1. The van der Waals surface area contributed by atoms with Crippen LogP contribution < -0.4 is 9.47 Å². The first kappa shape index (κ1) is 26.1. The van der Waals surface area contributed by atoms with Gasteiger partial charge in [0.2, 0.25) is 5.91 Å². The van der Waals surface area contributed by atoms with E-state index in [0.717, 1.165) is 30.5 Å². The van der Waals surface area contributed by atoms with Crippen molar-refractivity contribution in [2.75, 3.05) is 33.9 Å². The van der Waals surface area contributed by atoms with E-state index >= 15 is 0 Å². The number of amides is 1. The summed E-state index contributed by atoms with van der Waals surface area (Å²) >= 11 is 0. The van der Waals surface area contributed by atoms with E-state index in [1.807, 2.05) is 10.6 Å². The molecule has 10 heteroatoms. The summed E-state index contributed by atoms with van der Waals surface area (Å²) in [5.74, 6) is 1.78. The van der Waals surface area contributed by atoms with Gasteiger partial charge in [-0.2, -0.15) is 13.2 Å². The summed E-state index contributed by atoms with van der Waals surface area (Å²) < 4.78 is 58.5. The van der Waals surface area contributed by atoms with Crippen LogP contribution in [-0.2, 0) is 15.7 Å². The second kappa shape index (κ2) is 10.7. The number of imidazole rings is 1. The van der Waals surface area contributed by atoms with Crippen LogP contribution in [-0.4, -0.2) is 54.3 Å². The van der Waals surface area contributed by atoms with Crippen LogP contribution in [0.15, 0.2) is 42.5 Å². The van der Waals surface area contributed by atoms with Gasteiger partial charge in [-0.25, -0.2) is 4.98 Å². The van der Waals surface area contributed by atoms with Gasteiger partial charge >= 0.3 is 6.18 Å². The van der Waals surface area contributed by atoms with E-state index in [2.05, 4.69) is 4.98 Å². The Balaban J connectivity index is 1.32. The van der Waals surface area contributed by atoms with Gasteiger partial charge in [0.05, 0.1) is 30.8 Å². The second-order valence-corrected chi connectivity index (χ2v) is 9.55. The van der Waals surface area contributed by atoms with Crippen molar-refractivity contribution in [3.8, 4) is 11.5 Å². The van der Waals surface area contributed by atoms with Crippen LogP contribution in [0.3, 0.4) is 0 Å². The van der Waals surface area contributed by atoms with E-state index in [-0.39, 0.29) is 18.1 Å². The van der Waals surface area contributed by atoms with Gasteiger partial charge in [-0.05, 0) is 67.7 Å². The summed E-state index contributed by atoms with van der Waals surface area (Å²) in [4.78, 5) is 19.3. The molecule has 38 heavy (non-hydrogen) atoms. The second-order valence-electron chi connectivity index (χ2n) is 9.55. The lowest BCUT2D eigenvalue weighted by molar-refractivity contribution is -0.137. The Hall–Kier alpha value is -3.53. The molecule has 202 valence electrons. The lowest BCUT2D eigenvalue weighted by atomic mass is 10.0. The van der Waals surface area contributed by atoms with E-state index < -0.39 is 11.7 Å². The summed E-state index contributed by atoms with van der Waals surface area (Å²) in [6.07, 6.45) is 1.64. The highest BCUT2D eigenvalue weighted by Gasteiger charge is 2.34. The van der Waals surface area contributed by atoms with Crippen LogP contribution in [0.2, 0.25) is 0 Å². The average molecular weight is 530 g/mol. The van der Waals surface area contributed by atoms with Gasteiger partial charge in [-0.15, -0.1) is 0 Å². The monoisotopic (exact) mass is 529 g/mol. The molecule has 2 aliphatic rings. The minimum atomic E-state index is -4.43. The van der Waals surface area contributed by atoms with E-state index in [1.54, 1.807) is 43.4 Å². The van der Waals surface area contributed by atoms with Crippen molar-refractivity contribution in [2.24, 2.45) is 0 Å². The molecule has 2 aromatic carbocycles. The molecule has 0 aliphatic carbocycles.